The molecule has 0 aliphatic rings. The average molecular weight is 266 g/mol. The highest BCUT2D eigenvalue weighted by atomic mass is 32.1. The Morgan fingerprint density at radius 3 is 3.06 bits per heavy atom. The van der Waals surface area contributed by atoms with Crippen LogP contribution >= 0.6 is 12.6 Å². The van der Waals surface area contributed by atoms with E-state index in [2.05, 4.69) is 22.9 Å². The van der Waals surface area contributed by atoms with Gasteiger partial charge in [0.1, 0.15) is 0 Å². The zero-order chi connectivity index (χ0) is 13.0. The molecule has 0 atom stereocenters. The predicted octanol–water partition coefficient (Wildman–Crippen LogP) is 1.10. The van der Waals surface area contributed by atoms with E-state index < -0.39 is 5.76 Å². The van der Waals surface area contributed by atoms with Gasteiger partial charge in [-0.2, -0.15) is 12.6 Å². The number of rotatable bonds is 5. The number of benzene rings is 1. The van der Waals surface area contributed by atoms with Crippen molar-refractivity contribution >= 4 is 29.6 Å². The highest BCUT2D eigenvalue weighted by Gasteiger charge is 2.03. The highest BCUT2D eigenvalue weighted by molar-refractivity contribution is 7.80. The zero-order valence-corrected chi connectivity index (χ0v) is 10.6. The van der Waals surface area contributed by atoms with Crippen LogP contribution in [-0.2, 0) is 11.2 Å². The van der Waals surface area contributed by atoms with E-state index in [1.807, 2.05) is 12.1 Å². The van der Waals surface area contributed by atoms with E-state index in [9.17, 15) is 9.59 Å². The Morgan fingerprint density at radius 2 is 2.28 bits per heavy atom. The molecule has 1 amide bonds. The lowest BCUT2D eigenvalue weighted by molar-refractivity contribution is -0.120. The standard InChI is InChI=1S/C12H14N2O3S/c15-11(4-6-18)13-5-3-8-1-2-10-9(7-8)14-12(16)17-10/h1-2,7,18H,3-6H2,(H,13,15)(H,14,16). The van der Waals surface area contributed by atoms with Crippen LogP contribution < -0.4 is 11.1 Å². The highest BCUT2D eigenvalue weighted by Crippen LogP contribution is 2.12. The number of aromatic amines is 1. The van der Waals surface area contributed by atoms with E-state index in [-0.39, 0.29) is 5.91 Å². The Kier molecular flexibility index (Phi) is 4.09. The van der Waals surface area contributed by atoms with E-state index in [0.29, 0.717) is 36.2 Å². The summed E-state index contributed by atoms with van der Waals surface area (Å²) in [5.41, 5.74) is 2.26. The maximum Gasteiger partial charge on any atom is 0.417 e. The Bertz CT molecular complexity index is 603. The van der Waals surface area contributed by atoms with E-state index in [4.69, 9.17) is 4.42 Å². The van der Waals surface area contributed by atoms with Crippen LogP contribution in [0.5, 0.6) is 0 Å². The molecule has 96 valence electrons. The van der Waals surface area contributed by atoms with Gasteiger partial charge in [0, 0.05) is 13.0 Å². The van der Waals surface area contributed by atoms with Crippen LogP contribution in [0.3, 0.4) is 0 Å². The number of fused-ring (bicyclic) bond motifs is 1. The lowest BCUT2D eigenvalue weighted by atomic mass is 10.1. The van der Waals surface area contributed by atoms with Crippen LogP contribution in [0, 0.1) is 0 Å². The first-order chi connectivity index (χ1) is 8.69. The molecule has 0 radical (unpaired) electrons. The van der Waals surface area contributed by atoms with Crippen LogP contribution in [0.15, 0.2) is 27.4 Å². The van der Waals surface area contributed by atoms with Gasteiger partial charge in [0.2, 0.25) is 5.91 Å². The van der Waals surface area contributed by atoms with Crippen molar-refractivity contribution < 1.29 is 9.21 Å². The van der Waals surface area contributed by atoms with Crippen molar-refractivity contribution in [3.05, 3.63) is 34.3 Å². The second-order valence-corrected chi connectivity index (χ2v) is 4.37. The zero-order valence-electron chi connectivity index (χ0n) is 9.73. The monoisotopic (exact) mass is 266 g/mol. The third-order valence-electron chi connectivity index (χ3n) is 2.56. The smallest absolute Gasteiger partial charge is 0.408 e. The van der Waals surface area contributed by atoms with Crippen LogP contribution in [0.25, 0.3) is 11.1 Å². The molecular weight excluding hydrogens is 252 g/mol. The van der Waals surface area contributed by atoms with Gasteiger partial charge < -0.3 is 9.73 Å². The van der Waals surface area contributed by atoms with Gasteiger partial charge in [-0.3, -0.25) is 9.78 Å². The summed E-state index contributed by atoms with van der Waals surface area (Å²) in [5, 5.41) is 2.80. The minimum absolute atomic E-state index is 0.00259. The van der Waals surface area contributed by atoms with Crippen molar-refractivity contribution in [2.24, 2.45) is 0 Å². The molecule has 0 bridgehead atoms. The SMILES string of the molecule is O=C(CCS)NCCc1ccc2oc(=O)[nH]c2c1. The Morgan fingerprint density at radius 1 is 1.44 bits per heavy atom. The summed E-state index contributed by atoms with van der Waals surface area (Å²) in [6, 6.07) is 5.48. The van der Waals surface area contributed by atoms with Crippen molar-refractivity contribution in [3.63, 3.8) is 0 Å². The summed E-state index contributed by atoms with van der Waals surface area (Å²) < 4.78 is 4.91. The quantitative estimate of drug-likeness (QED) is 0.709. The third kappa shape index (κ3) is 3.16. The number of hydrogen-bond acceptors (Lipinski definition) is 4. The van der Waals surface area contributed by atoms with Crippen molar-refractivity contribution in [1.29, 1.82) is 0 Å². The molecule has 0 aliphatic carbocycles. The van der Waals surface area contributed by atoms with Crippen molar-refractivity contribution in [1.82, 2.24) is 10.3 Å². The summed E-state index contributed by atoms with van der Waals surface area (Å²) in [6.45, 7) is 0.570. The van der Waals surface area contributed by atoms with Gasteiger partial charge in [-0.25, -0.2) is 4.79 Å². The molecule has 5 nitrogen and oxygen atoms in total. The van der Waals surface area contributed by atoms with Crippen molar-refractivity contribution in [2.45, 2.75) is 12.8 Å². The van der Waals surface area contributed by atoms with Crippen LogP contribution in [0.1, 0.15) is 12.0 Å². The molecule has 1 heterocycles. The Balaban J connectivity index is 1.95. The average Bonchev–Trinajstić information content (AvgIpc) is 2.69. The number of carbonyl (C=O) groups is 1. The van der Waals surface area contributed by atoms with Crippen LogP contribution in [-0.4, -0.2) is 23.2 Å². The molecule has 6 heteroatoms. The molecule has 18 heavy (non-hydrogen) atoms. The van der Waals surface area contributed by atoms with Gasteiger partial charge in [-0.05, 0) is 29.9 Å². The van der Waals surface area contributed by atoms with E-state index in [1.54, 1.807) is 6.07 Å². The largest absolute Gasteiger partial charge is 0.417 e. The van der Waals surface area contributed by atoms with E-state index in [1.165, 1.54) is 0 Å². The summed E-state index contributed by atoms with van der Waals surface area (Å²) in [5.74, 6) is 0.0978. The number of aromatic nitrogens is 1. The molecule has 2 N–H and O–H groups in total. The maximum atomic E-state index is 11.2. The van der Waals surface area contributed by atoms with Crippen LogP contribution in [0.2, 0.25) is 0 Å². The molecule has 2 aromatic rings. The maximum absolute atomic E-state index is 11.2. The number of amides is 1. The fraction of sp³-hybridized carbons (Fsp3) is 0.333. The fourth-order valence-electron chi connectivity index (χ4n) is 1.69. The molecule has 0 saturated carbocycles. The topological polar surface area (TPSA) is 75.1 Å². The number of thiol groups is 1. The second kappa shape index (κ2) is 5.77. The minimum atomic E-state index is -0.454. The van der Waals surface area contributed by atoms with Crippen molar-refractivity contribution in [3.8, 4) is 0 Å². The lowest BCUT2D eigenvalue weighted by Crippen LogP contribution is -2.25. The van der Waals surface area contributed by atoms with Gasteiger partial charge in [0.05, 0.1) is 5.52 Å². The number of carbonyl (C=O) groups excluding carboxylic acids is 1. The minimum Gasteiger partial charge on any atom is -0.408 e. The number of hydrogen-bond donors (Lipinski definition) is 3. The fourth-order valence-corrected chi connectivity index (χ4v) is 1.89. The molecule has 0 spiro atoms. The van der Waals surface area contributed by atoms with Gasteiger partial charge >= 0.3 is 5.76 Å². The molecule has 0 unspecified atom stereocenters. The Labute approximate surface area is 109 Å². The van der Waals surface area contributed by atoms with Gasteiger partial charge in [-0.1, -0.05) is 6.07 Å². The van der Waals surface area contributed by atoms with Gasteiger partial charge in [0.25, 0.3) is 0 Å². The molecule has 1 aromatic carbocycles. The summed E-state index contributed by atoms with van der Waals surface area (Å²) in [7, 11) is 0. The third-order valence-corrected chi connectivity index (χ3v) is 2.78. The number of nitrogens with one attached hydrogen (secondary N) is 2. The summed E-state index contributed by atoms with van der Waals surface area (Å²) in [4.78, 5) is 24.8. The molecule has 0 saturated heterocycles. The molecule has 1 aromatic heterocycles. The first-order valence-corrected chi connectivity index (χ1v) is 6.31. The lowest BCUT2D eigenvalue weighted by Gasteiger charge is -2.04. The number of H-pyrrole nitrogens is 1. The first-order valence-electron chi connectivity index (χ1n) is 5.68. The van der Waals surface area contributed by atoms with Gasteiger partial charge in [-0.15, -0.1) is 0 Å². The predicted molar refractivity (Wildman–Crippen MR) is 72.0 cm³/mol. The second-order valence-electron chi connectivity index (χ2n) is 3.92. The van der Waals surface area contributed by atoms with E-state index >= 15 is 0 Å². The number of oxazole rings is 1. The normalized spacial score (nSPS) is 10.7. The first kappa shape index (κ1) is 12.8. The van der Waals surface area contributed by atoms with Gasteiger partial charge in [0.15, 0.2) is 5.58 Å². The summed E-state index contributed by atoms with van der Waals surface area (Å²) in [6.07, 6.45) is 1.14. The molecule has 0 aliphatic heterocycles. The van der Waals surface area contributed by atoms with Crippen LogP contribution in [0.4, 0.5) is 0 Å². The Hall–Kier alpha value is -1.69. The molecule has 0 fully saturated rings. The van der Waals surface area contributed by atoms with E-state index in [0.717, 1.165) is 5.56 Å². The molecule has 2 rings (SSSR count). The summed E-state index contributed by atoms with van der Waals surface area (Å²) >= 11 is 3.99. The molecular formula is C12H14N2O3S. The van der Waals surface area contributed by atoms with Crippen molar-refractivity contribution in [2.75, 3.05) is 12.3 Å².